The molecule has 5 heterocycles. The number of benzene rings is 1. The highest BCUT2D eigenvalue weighted by Crippen LogP contribution is 2.32. The molecule has 274 valence electrons. The zero-order valence-electron chi connectivity index (χ0n) is 31.0. The van der Waals surface area contributed by atoms with E-state index in [1.165, 1.54) is 42.5 Å². The zero-order chi connectivity index (χ0) is 35.7. The topological polar surface area (TPSA) is 104 Å². The van der Waals surface area contributed by atoms with E-state index in [4.69, 9.17) is 10.1 Å². The molecule has 10 nitrogen and oxygen atoms in total. The maximum absolute atomic E-state index is 12.8. The van der Waals surface area contributed by atoms with Gasteiger partial charge in [0.1, 0.15) is 17.9 Å². The van der Waals surface area contributed by atoms with Gasteiger partial charge in [-0.15, -0.1) is 0 Å². The minimum atomic E-state index is 0.0771. The number of nitrogens with zero attached hydrogens (tertiary/aromatic N) is 6. The second-order valence-corrected chi connectivity index (χ2v) is 15.1. The number of hydrogen-bond donors (Lipinski definition) is 1. The molecule has 3 aliphatic rings. The van der Waals surface area contributed by atoms with Gasteiger partial charge in [-0.25, -0.2) is 9.67 Å². The molecule has 2 saturated heterocycles. The molecule has 0 aliphatic carbocycles. The quantitative estimate of drug-likeness (QED) is 0.192. The van der Waals surface area contributed by atoms with Gasteiger partial charge in [0.2, 0.25) is 5.91 Å². The Morgan fingerprint density at radius 2 is 1.80 bits per heavy atom. The summed E-state index contributed by atoms with van der Waals surface area (Å²) in [6, 6.07) is 13.3. The number of carbonyl (C=O) groups is 3. The van der Waals surface area contributed by atoms with Crippen LogP contribution in [0.5, 0.6) is 0 Å². The SMILES string of the molecule is CC(=O)CCCC(=O)N1CCN(c2cc([C@H](CC=O)CN3CCC[C@@H](CCCc4ccc5c(n4)NCCC5)C3)cc(-n3nc(C)cc3C)c2)CC1. The summed E-state index contributed by atoms with van der Waals surface area (Å²) in [6.45, 7) is 12.5. The molecule has 1 amide bonds. The first kappa shape index (κ1) is 36.7. The molecule has 0 spiro atoms. The lowest BCUT2D eigenvalue weighted by molar-refractivity contribution is -0.131. The van der Waals surface area contributed by atoms with E-state index in [0.717, 1.165) is 93.4 Å². The number of amides is 1. The summed E-state index contributed by atoms with van der Waals surface area (Å²) in [7, 11) is 0. The summed E-state index contributed by atoms with van der Waals surface area (Å²) < 4.78 is 2.01. The van der Waals surface area contributed by atoms with Crippen molar-refractivity contribution in [1.29, 1.82) is 0 Å². The number of nitrogens with one attached hydrogen (secondary N) is 1. The van der Waals surface area contributed by atoms with E-state index < -0.39 is 0 Å². The van der Waals surface area contributed by atoms with Crippen LogP contribution in [0, 0.1) is 19.8 Å². The van der Waals surface area contributed by atoms with Crippen molar-refractivity contribution in [3.8, 4) is 5.69 Å². The van der Waals surface area contributed by atoms with Gasteiger partial charge in [-0.05, 0) is 126 Å². The number of ketones is 1. The van der Waals surface area contributed by atoms with Gasteiger partial charge in [0.05, 0.1) is 11.4 Å². The van der Waals surface area contributed by atoms with E-state index in [-0.39, 0.29) is 17.6 Å². The summed E-state index contributed by atoms with van der Waals surface area (Å²) in [5.74, 6) is 2.08. The molecule has 2 atom stereocenters. The minimum absolute atomic E-state index is 0.0771. The van der Waals surface area contributed by atoms with Crippen LogP contribution in [0.25, 0.3) is 5.69 Å². The van der Waals surface area contributed by atoms with Crippen LogP contribution < -0.4 is 10.2 Å². The fourth-order valence-electron chi connectivity index (χ4n) is 8.29. The van der Waals surface area contributed by atoms with Gasteiger partial charge >= 0.3 is 0 Å². The van der Waals surface area contributed by atoms with Crippen molar-refractivity contribution >= 4 is 29.5 Å². The number of hydrogen-bond acceptors (Lipinski definition) is 8. The number of aromatic nitrogens is 3. The molecule has 10 heteroatoms. The fraction of sp³-hybridized carbons (Fsp3) is 0.585. The summed E-state index contributed by atoms with van der Waals surface area (Å²) >= 11 is 0. The molecule has 3 aliphatic heterocycles. The molecule has 3 aromatic rings. The number of anilines is 2. The molecule has 0 bridgehead atoms. The van der Waals surface area contributed by atoms with E-state index >= 15 is 0 Å². The van der Waals surface area contributed by atoms with Crippen LogP contribution >= 0.6 is 0 Å². The number of aldehydes is 1. The van der Waals surface area contributed by atoms with Crippen LogP contribution in [-0.4, -0.2) is 94.9 Å². The summed E-state index contributed by atoms with van der Waals surface area (Å²) in [5.41, 5.74) is 7.87. The standard InChI is InChI=1S/C41H57N7O3/c1-30-24-31(2)48(44-30)39-26-36(25-38(27-39)46-19-21-47(22-20-46)40(51)13-4-8-32(3)50)35(16-23-49)29-45-18-7-10-33(28-45)9-5-12-37-15-14-34-11-6-17-42-41(34)43-37/h14-15,23-27,33,35H,4-13,16-22,28-29H2,1-3H3,(H,42,43)/t33-,35-/m1/s1. The molecule has 51 heavy (non-hydrogen) atoms. The lowest BCUT2D eigenvalue weighted by atomic mass is 9.89. The van der Waals surface area contributed by atoms with Crippen molar-refractivity contribution in [2.75, 3.05) is 62.6 Å². The van der Waals surface area contributed by atoms with Gasteiger partial charge in [0, 0.05) is 88.1 Å². The van der Waals surface area contributed by atoms with Gasteiger partial charge in [-0.2, -0.15) is 5.10 Å². The number of rotatable bonds is 15. The minimum Gasteiger partial charge on any atom is -0.370 e. The highest BCUT2D eigenvalue weighted by Gasteiger charge is 2.26. The van der Waals surface area contributed by atoms with Crippen LogP contribution in [0.4, 0.5) is 11.5 Å². The molecule has 2 aromatic heterocycles. The summed E-state index contributed by atoms with van der Waals surface area (Å²) in [5, 5.41) is 8.29. The number of piperazine rings is 1. The normalized spacial score (nSPS) is 18.6. The average molecular weight is 696 g/mol. The second-order valence-electron chi connectivity index (χ2n) is 15.1. The number of pyridine rings is 1. The highest BCUT2D eigenvalue weighted by molar-refractivity contribution is 5.79. The largest absolute Gasteiger partial charge is 0.370 e. The summed E-state index contributed by atoms with van der Waals surface area (Å²) in [6.07, 6.45) is 11.2. The zero-order valence-corrected chi connectivity index (χ0v) is 31.0. The lowest BCUT2D eigenvalue weighted by Gasteiger charge is -2.37. The van der Waals surface area contributed by atoms with Gasteiger partial charge in [-0.1, -0.05) is 6.07 Å². The molecule has 6 rings (SSSR count). The fourth-order valence-corrected chi connectivity index (χ4v) is 8.29. The van der Waals surface area contributed by atoms with Crippen LogP contribution in [-0.2, 0) is 27.2 Å². The predicted molar refractivity (Wildman–Crippen MR) is 203 cm³/mol. The van der Waals surface area contributed by atoms with Crippen molar-refractivity contribution in [1.82, 2.24) is 24.6 Å². The number of likely N-dealkylation sites (tertiary alicyclic amines) is 1. The van der Waals surface area contributed by atoms with Crippen LogP contribution in [0.15, 0.2) is 36.4 Å². The van der Waals surface area contributed by atoms with Crippen LogP contribution in [0.2, 0.25) is 0 Å². The third-order valence-corrected chi connectivity index (χ3v) is 11.0. The van der Waals surface area contributed by atoms with Gasteiger partial charge in [0.15, 0.2) is 0 Å². The van der Waals surface area contributed by atoms with E-state index in [1.54, 1.807) is 6.92 Å². The van der Waals surface area contributed by atoms with Gasteiger partial charge in [0.25, 0.3) is 0 Å². The van der Waals surface area contributed by atoms with E-state index in [0.29, 0.717) is 44.7 Å². The van der Waals surface area contributed by atoms with Gasteiger partial charge in [-0.3, -0.25) is 4.79 Å². The Kier molecular flexibility index (Phi) is 12.6. The lowest BCUT2D eigenvalue weighted by Crippen LogP contribution is -2.48. The third kappa shape index (κ3) is 9.84. The monoisotopic (exact) mass is 695 g/mol. The van der Waals surface area contributed by atoms with E-state index in [9.17, 15) is 14.4 Å². The molecule has 0 saturated carbocycles. The Bertz CT molecular complexity index is 1660. The maximum Gasteiger partial charge on any atom is 0.222 e. The van der Waals surface area contributed by atoms with E-state index in [1.807, 2.05) is 16.5 Å². The van der Waals surface area contributed by atoms with E-state index in [2.05, 4.69) is 58.4 Å². The maximum atomic E-state index is 12.8. The highest BCUT2D eigenvalue weighted by atomic mass is 16.2. The number of piperidine rings is 1. The summed E-state index contributed by atoms with van der Waals surface area (Å²) in [4.78, 5) is 48.2. The molecule has 0 unspecified atom stereocenters. The smallest absolute Gasteiger partial charge is 0.222 e. The number of Topliss-reactive ketones (excluding diaryl/α,β-unsaturated/α-hetero) is 1. The van der Waals surface area contributed by atoms with Crippen LogP contribution in [0.1, 0.15) is 98.8 Å². The first-order valence-electron chi connectivity index (χ1n) is 19.3. The Morgan fingerprint density at radius 3 is 2.57 bits per heavy atom. The molecular weight excluding hydrogens is 638 g/mol. The first-order chi connectivity index (χ1) is 24.7. The number of fused-ring (bicyclic) bond motifs is 1. The van der Waals surface area contributed by atoms with Crippen molar-refractivity contribution < 1.29 is 14.4 Å². The van der Waals surface area contributed by atoms with Gasteiger partial charge < -0.3 is 29.6 Å². The predicted octanol–water partition coefficient (Wildman–Crippen LogP) is 6.06. The average Bonchev–Trinajstić information content (AvgIpc) is 3.48. The van der Waals surface area contributed by atoms with Crippen molar-refractivity contribution in [3.05, 3.63) is 64.6 Å². The number of carbonyl (C=O) groups excluding carboxylic acids is 3. The van der Waals surface area contributed by atoms with Crippen LogP contribution in [0.3, 0.4) is 0 Å². The molecule has 1 N–H and O–H groups in total. The first-order valence-corrected chi connectivity index (χ1v) is 19.3. The Balaban J connectivity index is 1.12. The van der Waals surface area contributed by atoms with Crippen molar-refractivity contribution in [3.63, 3.8) is 0 Å². The third-order valence-electron chi connectivity index (χ3n) is 11.0. The van der Waals surface area contributed by atoms with Crippen molar-refractivity contribution in [2.45, 2.75) is 97.3 Å². The Hall–Kier alpha value is -4.05. The molecular formula is C41H57N7O3. The molecule has 0 radical (unpaired) electrons. The molecule has 1 aromatic carbocycles. The Morgan fingerprint density at radius 1 is 0.980 bits per heavy atom. The Labute approximate surface area is 304 Å². The second kappa shape index (κ2) is 17.4. The number of aryl methyl sites for hydroxylation is 4. The molecule has 2 fully saturated rings. The van der Waals surface area contributed by atoms with Crippen molar-refractivity contribution in [2.24, 2.45) is 5.92 Å².